The molecule has 0 aliphatic carbocycles. The molecule has 2 rings (SSSR count). The summed E-state index contributed by atoms with van der Waals surface area (Å²) in [6, 6.07) is 8.00. The third-order valence-electron chi connectivity index (χ3n) is 5.01. The van der Waals surface area contributed by atoms with Gasteiger partial charge < -0.3 is 21.3 Å². The smallest absolute Gasteiger partial charge is 0.251 e. The summed E-state index contributed by atoms with van der Waals surface area (Å²) in [5.41, 5.74) is 1.76. The van der Waals surface area contributed by atoms with Gasteiger partial charge in [-0.05, 0) is 43.9 Å². The molecule has 0 saturated carbocycles. The highest BCUT2D eigenvalue weighted by molar-refractivity contribution is 14.0. The molecule has 0 spiro atoms. The molecule has 30 heavy (non-hydrogen) atoms. The lowest BCUT2D eigenvalue weighted by Gasteiger charge is -2.32. The molecule has 1 saturated heterocycles. The van der Waals surface area contributed by atoms with Crippen LogP contribution in [0.5, 0.6) is 0 Å². The molecule has 0 atom stereocenters. The van der Waals surface area contributed by atoms with Crippen LogP contribution in [0.15, 0.2) is 29.3 Å². The van der Waals surface area contributed by atoms with Crippen molar-refractivity contribution in [3.8, 4) is 0 Å². The Morgan fingerprint density at radius 3 is 2.53 bits per heavy atom. The van der Waals surface area contributed by atoms with Crippen LogP contribution in [0, 0.1) is 0 Å². The zero-order valence-electron chi connectivity index (χ0n) is 18.2. The number of nitrogens with one attached hydrogen (secondary N) is 4. The highest BCUT2D eigenvalue weighted by Gasteiger charge is 2.21. The van der Waals surface area contributed by atoms with Crippen LogP contribution >= 0.6 is 24.0 Å². The Morgan fingerprint density at radius 2 is 1.90 bits per heavy atom. The zero-order valence-corrected chi connectivity index (χ0v) is 20.5. The van der Waals surface area contributed by atoms with E-state index < -0.39 is 0 Å². The first kappa shape index (κ1) is 26.2. The standard InChI is InChI=1S/C21H34N6O2.HI/c1-4-24-21(26-18-9-12-27(13-10-18)15-19(28)22-2)25-11-8-16-6-5-7-17(14-16)20(29)23-3;/h5-7,14,18H,4,8-13,15H2,1-3H3,(H,22,28)(H,23,29)(H2,24,25,26);1H. The number of halogens is 1. The number of nitrogens with zero attached hydrogens (tertiary/aromatic N) is 2. The Morgan fingerprint density at radius 1 is 1.17 bits per heavy atom. The van der Waals surface area contributed by atoms with Gasteiger partial charge in [0, 0.05) is 51.9 Å². The molecule has 4 N–H and O–H groups in total. The van der Waals surface area contributed by atoms with E-state index in [-0.39, 0.29) is 35.8 Å². The van der Waals surface area contributed by atoms with Gasteiger partial charge in [0.15, 0.2) is 5.96 Å². The average molecular weight is 530 g/mol. The van der Waals surface area contributed by atoms with Crippen molar-refractivity contribution in [1.82, 2.24) is 26.2 Å². The van der Waals surface area contributed by atoms with Crippen LogP contribution in [0.25, 0.3) is 0 Å². The number of guanidine groups is 1. The number of rotatable bonds is 8. The van der Waals surface area contributed by atoms with E-state index in [1.54, 1.807) is 14.1 Å². The first-order valence-electron chi connectivity index (χ1n) is 10.3. The number of carbonyl (C=O) groups is 2. The number of piperidine rings is 1. The molecule has 1 heterocycles. The second-order valence-corrected chi connectivity index (χ2v) is 7.16. The molecule has 0 radical (unpaired) electrons. The quantitative estimate of drug-likeness (QED) is 0.228. The SMILES string of the molecule is CCNC(=NCCc1cccc(C(=O)NC)c1)NC1CCN(CC(=O)NC)CC1.I. The fraction of sp³-hybridized carbons (Fsp3) is 0.571. The topological polar surface area (TPSA) is 97.9 Å². The maximum Gasteiger partial charge on any atom is 0.251 e. The van der Waals surface area contributed by atoms with Crippen LogP contribution in [0.2, 0.25) is 0 Å². The van der Waals surface area contributed by atoms with E-state index >= 15 is 0 Å². The third-order valence-corrected chi connectivity index (χ3v) is 5.01. The van der Waals surface area contributed by atoms with Crippen LogP contribution in [0.3, 0.4) is 0 Å². The second kappa shape index (κ2) is 14.2. The van der Waals surface area contributed by atoms with Gasteiger partial charge in [-0.2, -0.15) is 0 Å². The molecule has 1 aliphatic rings. The van der Waals surface area contributed by atoms with Crippen LogP contribution in [0.4, 0.5) is 0 Å². The lowest BCUT2D eigenvalue weighted by Crippen LogP contribution is -2.50. The minimum Gasteiger partial charge on any atom is -0.358 e. The first-order valence-corrected chi connectivity index (χ1v) is 10.3. The van der Waals surface area contributed by atoms with Gasteiger partial charge >= 0.3 is 0 Å². The van der Waals surface area contributed by atoms with E-state index in [4.69, 9.17) is 4.99 Å². The van der Waals surface area contributed by atoms with Crippen molar-refractivity contribution in [2.45, 2.75) is 32.2 Å². The molecule has 8 nitrogen and oxygen atoms in total. The normalized spacial score (nSPS) is 15.1. The number of carbonyl (C=O) groups excluding carboxylic acids is 2. The number of hydrogen-bond acceptors (Lipinski definition) is 4. The molecule has 2 amide bonds. The van der Waals surface area contributed by atoms with E-state index in [2.05, 4.69) is 33.1 Å². The largest absolute Gasteiger partial charge is 0.358 e. The molecule has 1 aliphatic heterocycles. The third kappa shape index (κ3) is 8.86. The zero-order chi connectivity index (χ0) is 21.1. The molecule has 9 heteroatoms. The summed E-state index contributed by atoms with van der Waals surface area (Å²) in [4.78, 5) is 30.2. The average Bonchev–Trinajstić information content (AvgIpc) is 2.74. The number of benzene rings is 1. The Bertz CT molecular complexity index is 704. The van der Waals surface area contributed by atoms with Crippen molar-refractivity contribution in [2.24, 2.45) is 4.99 Å². The summed E-state index contributed by atoms with van der Waals surface area (Å²) in [5, 5.41) is 12.1. The summed E-state index contributed by atoms with van der Waals surface area (Å²) in [6.07, 6.45) is 2.73. The lowest BCUT2D eigenvalue weighted by atomic mass is 10.1. The maximum atomic E-state index is 11.8. The molecule has 0 aromatic heterocycles. The van der Waals surface area contributed by atoms with Crippen molar-refractivity contribution < 1.29 is 9.59 Å². The second-order valence-electron chi connectivity index (χ2n) is 7.16. The maximum absolute atomic E-state index is 11.8. The first-order chi connectivity index (χ1) is 14.0. The van der Waals surface area contributed by atoms with Crippen LogP contribution < -0.4 is 21.3 Å². The number of hydrogen-bond donors (Lipinski definition) is 4. The van der Waals surface area contributed by atoms with E-state index in [1.165, 1.54) is 0 Å². The number of amides is 2. The number of likely N-dealkylation sites (tertiary alicyclic amines) is 1. The Balaban J connectivity index is 0.00000450. The lowest BCUT2D eigenvalue weighted by molar-refractivity contribution is -0.122. The van der Waals surface area contributed by atoms with Gasteiger partial charge in [-0.1, -0.05) is 12.1 Å². The molecule has 0 unspecified atom stereocenters. The van der Waals surface area contributed by atoms with Crippen molar-refractivity contribution >= 4 is 41.8 Å². The van der Waals surface area contributed by atoms with Crippen LogP contribution in [0.1, 0.15) is 35.7 Å². The summed E-state index contributed by atoms with van der Waals surface area (Å²) >= 11 is 0. The Labute approximate surface area is 196 Å². The van der Waals surface area contributed by atoms with Gasteiger partial charge in [0.1, 0.15) is 0 Å². The molecule has 1 fully saturated rings. The monoisotopic (exact) mass is 530 g/mol. The Kier molecular flexibility index (Phi) is 12.4. The van der Waals surface area contributed by atoms with E-state index in [9.17, 15) is 9.59 Å². The Hall–Kier alpha value is -1.88. The van der Waals surface area contributed by atoms with Crippen molar-refractivity contribution in [1.29, 1.82) is 0 Å². The fourth-order valence-electron chi connectivity index (χ4n) is 3.34. The molecule has 1 aromatic carbocycles. The summed E-state index contributed by atoms with van der Waals surface area (Å²) in [7, 11) is 3.31. The minimum absolute atomic E-state index is 0. The molecular formula is C21H35IN6O2. The van der Waals surface area contributed by atoms with Crippen LogP contribution in [-0.2, 0) is 11.2 Å². The predicted octanol–water partition coefficient (Wildman–Crippen LogP) is 0.972. The van der Waals surface area contributed by atoms with Crippen molar-refractivity contribution in [2.75, 3.05) is 46.8 Å². The predicted molar refractivity (Wildman–Crippen MR) is 132 cm³/mol. The van der Waals surface area contributed by atoms with Crippen molar-refractivity contribution in [3.05, 3.63) is 35.4 Å². The van der Waals surface area contributed by atoms with Gasteiger partial charge in [0.25, 0.3) is 5.91 Å². The van der Waals surface area contributed by atoms with Gasteiger partial charge in [-0.15, -0.1) is 24.0 Å². The highest BCUT2D eigenvalue weighted by Crippen LogP contribution is 2.10. The summed E-state index contributed by atoms with van der Waals surface area (Å²) in [5.74, 6) is 0.805. The van der Waals surface area contributed by atoms with E-state index in [0.717, 1.165) is 50.4 Å². The summed E-state index contributed by atoms with van der Waals surface area (Å²) in [6.45, 7) is 5.76. The summed E-state index contributed by atoms with van der Waals surface area (Å²) < 4.78 is 0. The molecule has 1 aromatic rings. The highest BCUT2D eigenvalue weighted by atomic mass is 127. The van der Waals surface area contributed by atoms with Gasteiger partial charge in [-0.25, -0.2) is 0 Å². The molecule has 168 valence electrons. The van der Waals surface area contributed by atoms with E-state index in [1.807, 2.05) is 24.3 Å². The van der Waals surface area contributed by atoms with Gasteiger partial charge in [0.2, 0.25) is 5.91 Å². The fourth-order valence-corrected chi connectivity index (χ4v) is 3.34. The van der Waals surface area contributed by atoms with Gasteiger partial charge in [0.05, 0.1) is 6.54 Å². The number of aliphatic imine (C=N–C) groups is 1. The number of likely N-dealkylation sites (N-methyl/N-ethyl adjacent to an activating group) is 1. The van der Waals surface area contributed by atoms with Gasteiger partial charge in [-0.3, -0.25) is 19.5 Å². The molecule has 0 bridgehead atoms. The van der Waals surface area contributed by atoms with Crippen molar-refractivity contribution in [3.63, 3.8) is 0 Å². The molecular weight excluding hydrogens is 495 g/mol. The van der Waals surface area contributed by atoms with Crippen LogP contribution in [-0.4, -0.2) is 75.5 Å². The minimum atomic E-state index is -0.0758. The van der Waals surface area contributed by atoms with E-state index in [0.29, 0.717) is 24.7 Å².